The van der Waals surface area contributed by atoms with Crippen molar-refractivity contribution >= 4 is 11.7 Å². The Labute approximate surface area is 120 Å². The summed E-state index contributed by atoms with van der Waals surface area (Å²) in [6, 6.07) is 10.7. The predicted molar refractivity (Wildman–Crippen MR) is 74.8 cm³/mol. The fraction of sp³-hybridized carbons (Fsp3) is 0.133. The first-order valence-electron chi connectivity index (χ1n) is 6.30. The summed E-state index contributed by atoms with van der Waals surface area (Å²) < 4.78 is 26.8. The third-order valence-corrected chi connectivity index (χ3v) is 2.84. The van der Waals surface area contributed by atoms with Crippen molar-refractivity contribution in [1.82, 2.24) is 5.32 Å². The summed E-state index contributed by atoms with van der Waals surface area (Å²) in [7, 11) is 0. The molecule has 0 fully saturated rings. The molecule has 0 aliphatic heterocycles. The first kappa shape index (κ1) is 14.9. The largest absolute Gasteiger partial charge is 0.386 e. The first-order chi connectivity index (χ1) is 10.1. The molecule has 0 radical (unpaired) electrons. The van der Waals surface area contributed by atoms with Crippen LogP contribution in [0.3, 0.4) is 0 Å². The van der Waals surface area contributed by atoms with E-state index in [9.17, 15) is 18.7 Å². The minimum atomic E-state index is -1.18. The minimum Gasteiger partial charge on any atom is -0.386 e. The lowest BCUT2D eigenvalue weighted by molar-refractivity contribution is 0.170. The third kappa shape index (κ3) is 4.00. The molecule has 0 aromatic heterocycles. The van der Waals surface area contributed by atoms with Gasteiger partial charge in [-0.05, 0) is 18.2 Å². The summed E-state index contributed by atoms with van der Waals surface area (Å²) in [5, 5.41) is 14.5. The van der Waals surface area contributed by atoms with Crippen LogP contribution in [0.5, 0.6) is 0 Å². The van der Waals surface area contributed by atoms with Gasteiger partial charge in [0.2, 0.25) is 0 Å². The van der Waals surface area contributed by atoms with Crippen molar-refractivity contribution in [1.29, 1.82) is 0 Å². The summed E-state index contributed by atoms with van der Waals surface area (Å²) in [4.78, 5) is 11.6. The number of rotatable bonds is 4. The highest BCUT2D eigenvalue weighted by Crippen LogP contribution is 2.16. The summed E-state index contributed by atoms with van der Waals surface area (Å²) >= 11 is 0. The second kappa shape index (κ2) is 6.81. The molecule has 3 N–H and O–H groups in total. The van der Waals surface area contributed by atoms with Crippen molar-refractivity contribution in [3.8, 4) is 0 Å². The highest BCUT2D eigenvalue weighted by molar-refractivity contribution is 5.89. The molecule has 0 heterocycles. The van der Waals surface area contributed by atoms with Gasteiger partial charge in [0.05, 0.1) is 11.8 Å². The molecule has 6 heteroatoms. The van der Waals surface area contributed by atoms with E-state index in [1.54, 1.807) is 12.1 Å². The van der Waals surface area contributed by atoms with E-state index in [0.717, 1.165) is 0 Å². The predicted octanol–water partition coefficient (Wildman–Crippen LogP) is 2.82. The van der Waals surface area contributed by atoms with Crippen molar-refractivity contribution < 1.29 is 18.7 Å². The van der Waals surface area contributed by atoms with Crippen LogP contribution in [0, 0.1) is 11.6 Å². The van der Waals surface area contributed by atoms with Crippen molar-refractivity contribution in [3.63, 3.8) is 0 Å². The molecular formula is C15H14F2N2O2. The second-order valence-corrected chi connectivity index (χ2v) is 4.35. The van der Waals surface area contributed by atoms with Crippen LogP contribution >= 0.6 is 0 Å². The van der Waals surface area contributed by atoms with Gasteiger partial charge in [0.15, 0.2) is 0 Å². The zero-order valence-electron chi connectivity index (χ0n) is 11.0. The zero-order chi connectivity index (χ0) is 15.2. The van der Waals surface area contributed by atoms with Gasteiger partial charge in [-0.15, -0.1) is 0 Å². The lowest BCUT2D eigenvalue weighted by atomic mass is 10.1. The maximum absolute atomic E-state index is 13.4. The molecule has 21 heavy (non-hydrogen) atoms. The molecule has 1 unspecified atom stereocenters. The van der Waals surface area contributed by atoms with Crippen LogP contribution in [0.15, 0.2) is 48.5 Å². The standard InChI is InChI=1S/C15H14F2N2O2/c16-11-6-2-1-5-10(11)14(20)9-18-15(21)19-13-8-4-3-7-12(13)17/h1-8,14,20H,9H2,(H2,18,19,21). The van der Waals surface area contributed by atoms with Gasteiger partial charge in [0, 0.05) is 12.1 Å². The van der Waals surface area contributed by atoms with E-state index in [-0.39, 0.29) is 17.8 Å². The van der Waals surface area contributed by atoms with Crippen molar-refractivity contribution in [2.75, 3.05) is 11.9 Å². The van der Waals surface area contributed by atoms with Crippen LogP contribution in [0.25, 0.3) is 0 Å². The molecule has 0 saturated heterocycles. The molecule has 2 rings (SSSR count). The molecule has 2 amide bonds. The Morgan fingerprint density at radius 3 is 2.33 bits per heavy atom. The molecule has 0 spiro atoms. The number of anilines is 1. The number of aliphatic hydroxyl groups excluding tert-OH is 1. The molecule has 1 atom stereocenters. The van der Waals surface area contributed by atoms with E-state index in [0.29, 0.717) is 0 Å². The Morgan fingerprint density at radius 1 is 1.05 bits per heavy atom. The molecule has 2 aromatic carbocycles. The Balaban J connectivity index is 1.90. The number of amides is 2. The van der Waals surface area contributed by atoms with Crippen molar-refractivity contribution in [2.24, 2.45) is 0 Å². The topological polar surface area (TPSA) is 61.4 Å². The zero-order valence-corrected chi connectivity index (χ0v) is 11.0. The van der Waals surface area contributed by atoms with E-state index in [1.165, 1.54) is 36.4 Å². The monoisotopic (exact) mass is 292 g/mol. The normalized spacial score (nSPS) is 11.8. The Bertz CT molecular complexity index is 635. The number of benzene rings is 2. The highest BCUT2D eigenvalue weighted by Gasteiger charge is 2.13. The highest BCUT2D eigenvalue weighted by atomic mass is 19.1. The number of carbonyl (C=O) groups is 1. The van der Waals surface area contributed by atoms with Gasteiger partial charge in [0.1, 0.15) is 11.6 Å². The van der Waals surface area contributed by atoms with Gasteiger partial charge in [-0.2, -0.15) is 0 Å². The van der Waals surface area contributed by atoms with Crippen molar-refractivity contribution in [3.05, 3.63) is 65.7 Å². The first-order valence-corrected chi connectivity index (χ1v) is 6.30. The Kier molecular flexibility index (Phi) is 4.84. The summed E-state index contributed by atoms with van der Waals surface area (Å²) in [6.07, 6.45) is -1.18. The minimum absolute atomic E-state index is 0.0235. The molecule has 0 saturated carbocycles. The average molecular weight is 292 g/mol. The summed E-state index contributed by atoms with van der Waals surface area (Å²) in [5.41, 5.74) is 0.110. The van der Waals surface area contributed by atoms with Gasteiger partial charge in [0.25, 0.3) is 0 Å². The third-order valence-electron chi connectivity index (χ3n) is 2.84. The van der Waals surface area contributed by atoms with Gasteiger partial charge in [-0.25, -0.2) is 13.6 Å². The number of hydrogen-bond donors (Lipinski definition) is 3. The molecule has 0 bridgehead atoms. The van der Waals surface area contributed by atoms with E-state index < -0.39 is 23.8 Å². The quantitative estimate of drug-likeness (QED) is 0.811. The molecule has 110 valence electrons. The summed E-state index contributed by atoms with van der Waals surface area (Å²) in [6.45, 7) is -0.193. The van der Waals surface area contributed by atoms with Crippen LogP contribution in [0.4, 0.5) is 19.3 Å². The van der Waals surface area contributed by atoms with Gasteiger partial charge < -0.3 is 15.7 Å². The van der Waals surface area contributed by atoms with Crippen LogP contribution in [0.2, 0.25) is 0 Å². The van der Waals surface area contributed by atoms with E-state index >= 15 is 0 Å². The summed E-state index contributed by atoms with van der Waals surface area (Å²) in [5.74, 6) is -1.12. The fourth-order valence-corrected chi connectivity index (χ4v) is 1.77. The maximum atomic E-state index is 13.4. The van der Waals surface area contributed by atoms with Gasteiger partial charge in [-0.1, -0.05) is 30.3 Å². The number of carbonyl (C=O) groups excluding carboxylic acids is 1. The molecule has 0 aliphatic rings. The molecule has 0 aliphatic carbocycles. The maximum Gasteiger partial charge on any atom is 0.319 e. The fourth-order valence-electron chi connectivity index (χ4n) is 1.77. The molecule has 4 nitrogen and oxygen atoms in total. The second-order valence-electron chi connectivity index (χ2n) is 4.35. The average Bonchev–Trinajstić information content (AvgIpc) is 2.48. The lowest BCUT2D eigenvalue weighted by Crippen LogP contribution is -2.32. The SMILES string of the molecule is O=C(NCC(O)c1ccccc1F)Nc1ccccc1F. The lowest BCUT2D eigenvalue weighted by Gasteiger charge is -2.13. The van der Waals surface area contributed by atoms with Crippen LogP contribution in [-0.2, 0) is 0 Å². The van der Waals surface area contributed by atoms with E-state index in [2.05, 4.69) is 10.6 Å². The Morgan fingerprint density at radius 2 is 1.67 bits per heavy atom. The van der Waals surface area contributed by atoms with Crippen LogP contribution < -0.4 is 10.6 Å². The van der Waals surface area contributed by atoms with E-state index in [4.69, 9.17) is 0 Å². The Hall–Kier alpha value is -2.47. The van der Waals surface area contributed by atoms with Crippen molar-refractivity contribution in [2.45, 2.75) is 6.10 Å². The van der Waals surface area contributed by atoms with Gasteiger partial charge >= 0.3 is 6.03 Å². The number of para-hydroxylation sites is 1. The molecular weight excluding hydrogens is 278 g/mol. The molecule has 2 aromatic rings. The van der Waals surface area contributed by atoms with Gasteiger partial charge in [-0.3, -0.25) is 0 Å². The number of halogens is 2. The van der Waals surface area contributed by atoms with E-state index in [1.807, 2.05) is 0 Å². The number of hydrogen-bond acceptors (Lipinski definition) is 2. The van der Waals surface area contributed by atoms with Crippen LogP contribution in [0.1, 0.15) is 11.7 Å². The smallest absolute Gasteiger partial charge is 0.319 e. The number of nitrogens with one attached hydrogen (secondary N) is 2. The number of aliphatic hydroxyl groups is 1. The number of urea groups is 1. The van der Waals surface area contributed by atoms with Crippen LogP contribution in [-0.4, -0.2) is 17.7 Å².